The smallest absolute Gasteiger partial charge is 0.410 e. The lowest BCUT2D eigenvalue weighted by Gasteiger charge is -2.28. The summed E-state index contributed by atoms with van der Waals surface area (Å²) in [6.07, 6.45) is 1.05. The number of carbonyl (C=O) groups is 2. The highest BCUT2D eigenvalue weighted by atomic mass is 16.6. The lowest BCUT2D eigenvalue weighted by Crippen LogP contribution is -2.48. The molecule has 0 radical (unpaired) electrons. The number of likely N-dealkylation sites (tertiary alicyclic amines) is 1. The van der Waals surface area contributed by atoms with Crippen LogP contribution in [0, 0.1) is 6.92 Å². The average molecular weight is 372 g/mol. The molecule has 1 aliphatic rings. The Morgan fingerprint density at radius 2 is 2.04 bits per heavy atom. The Morgan fingerprint density at radius 1 is 1.30 bits per heavy atom. The number of carbonyl (C=O) groups excluding carboxylic acids is 2. The van der Waals surface area contributed by atoms with E-state index in [2.05, 4.69) is 14.9 Å². The summed E-state index contributed by atoms with van der Waals surface area (Å²) in [6, 6.07) is 7.50. The molecule has 2 amide bonds. The number of rotatable bonds is 4. The number of nitrogens with one attached hydrogen (secondary N) is 1. The molecule has 1 fully saturated rings. The first-order valence-corrected chi connectivity index (χ1v) is 9.45. The highest BCUT2D eigenvalue weighted by Gasteiger charge is 2.36. The molecule has 1 saturated heterocycles. The molecule has 0 bridgehead atoms. The van der Waals surface area contributed by atoms with Gasteiger partial charge < -0.3 is 14.6 Å². The molecule has 146 valence electrons. The van der Waals surface area contributed by atoms with Crippen LogP contribution in [0.1, 0.15) is 39.4 Å². The summed E-state index contributed by atoms with van der Waals surface area (Å²) in [5.74, 6) is 0.794. The second-order valence-corrected chi connectivity index (χ2v) is 7.92. The molecule has 7 heteroatoms. The van der Waals surface area contributed by atoms with Crippen LogP contribution >= 0.6 is 0 Å². The fraction of sp³-hybridized carbons (Fsp3) is 0.550. The van der Waals surface area contributed by atoms with E-state index in [0.717, 1.165) is 23.3 Å². The van der Waals surface area contributed by atoms with Crippen molar-refractivity contribution in [2.24, 2.45) is 0 Å². The number of benzene rings is 1. The molecule has 1 aromatic heterocycles. The largest absolute Gasteiger partial charge is 0.444 e. The molecule has 1 aromatic carbocycles. The summed E-state index contributed by atoms with van der Waals surface area (Å²) >= 11 is 0. The van der Waals surface area contributed by atoms with Crippen LogP contribution in [0.4, 0.5) is 4.79 Å². The lowest BCUT2D eigenvalue weighted by molar-refractivity contribution is -0.125. The van der Waals surface area contributed by atoms with Crippen molar-refractivity contribution in [3.63, 3.8) is 0 Å². The summed E-state index contributed by atoms with van der Waals surface area (Å²) in [4.78, 5) is 31.0. The number of aromatic nitrogens is 2. The number of imidazole rings is 1. The van der Waals surface area contributed by atoms with Crippen LogP contribution in [0.5, 0.6) is 0 Å². The number of para-hydroxylation sites is 2. The maximum atomic E-state index is 12.6. The zero-order chi connectivity index (χ0) is 19.6. The monoisotopic (exact) mass is 372 g/mol. The van der Waals surface area contributed by atoms with E-state index in [4.69, 9.17) is 4.74 Å². The van der Waals surface area contributed by atoms with Crippen molar-refractivity contribution in [1.82, 2.24) is 19.8 Å². The molecule has 0 aliphatic carbocycles. The fourth-order valence-electron chi connectivity index (χ4n) is 3.47. The van der Waals surface area contributed by atoms with E-state index < -0.39 is 17.7 Å². The van der Waals surface area contributed by atoms with Crippen LogP contribution in [-0.4, -0.2) is 51.2 Å². The molecule has 2 aromatic rings. The Labute approximate surface area is 159 Å². The minimum Gasteiger partial charge on any atom is -0.444 e. The van der Waals surface area contributed by atoms with Gasteiger partial charge in [0.25, 0.3) is 0 Å². The first kappa shape index (κ1) is 19.2. The minimum atomic E-state index is -0.569. The van der Waals surface area contributed by atoms with Crippen LogP contribution in [0.3, 0.4) is 0 Å². The number of nitrogens with zero attached hydrogens (tertiary/aromatic N) is 3. The van der Waals surface area contributed by atoms with Crippen molar-refractivity contribution in [3.05, 3.63) is 30.1 Å². The van der Waals surface area contributed by atoms with Gasteiger partial charge in [0.05, 0.1) is 11.0 Å². The Bertz CT molecular complexity index is 837. The van der Waals surface area contributed by atoms with E-state index in [1.165, 1.54) is 0 Å². The van der Waals surface area contributed by atoms with E-state index in [0.29, 0.717) is 26.1 Å². The van der Waals surface area contributed by atoms with Crippen molar-refractivity contribution < 1.29 is 14.3 Å². The maximum absolute atomic E-state index is 12.6. The van der Waals surface area contributed by atoms with Gasteiger partial charge in [-0.05, 0) is 52.7 Å². The third kappa shape index (κ3) is 4.40. The molecule has 1 N–H and O–H groups in total. The van der Waals surface area contributed by atoms with Crippen molar-refractivity contribution in [2.45, 2.75) is 58.7 Å². The second-order valence-electron chi connectivity index (χ2n) is 7.92. The SMILES string of the molecule is Cc1nc2ccccc2n1CCNC(=O)C1CCCN1C(=O)OC(C)(C)C. The Hall–Kier alpha value is -2.57. The van der Waals surface area contributed by atoms with Crippen LogP contribution in [0.15, 0.2) is 24.3 Å². The van der Waals surface area contributed by atoms with Crippen LogP contribution in [0.2, 0.25) is 0 Å². The highest BCUT2D eigenvalue weighted by Crippen LogP contribution is 2.21. The zero-order valence-corrected chi connectivity index (χ0v) is 16.5. The van der Waals surface area contributed by atoms with Crippen LogP contribution in [0.25, 0.3) is 11.0 Å². The van der Waals surface area contributed by atoms with Crippen molar-refractivity contribution in [2.75, 3.05) is 13.1 Å². The highest BCUT2D eigenvalue weighted by molar-refractivity contribution is 5.86. The molecule has 1 unspecified atom stereocenters. The third-order valence-electron chi connectivity index (χ3n) is 4.66. The van der Waals surface area contributed by atoms with E-state index in [9.17, 15) is 9.59 Å². The quantitative estimate of drug-likeness (QED) is 0.895. The minimum absolute atomic E-state index is 0.125. The molecular formula is C20H28N4O3. The molecular weight excluding hydrogens is 344 g/mol. The molecule has 7 nitrogen and oxygen atoms in total. The Balaban J connectivity index is 1.58. The Kier molecular flexibility index (Phi) is 5.39. The van der Waals surface area contributed by atoms with Gasteiger partial charge in [-0.15, -0.1) is 0 Å². The standard InChI is InChI=1S/C20H28N4O3/c1-14-22-15-8-5-6-9-16(15)23(14)13-11-21-18(25)17-10-7-12-24(17)19(26)27-20(2,3)4/h5-6,8-9,17H,7,10-13H2,1-4H3,(H,21,25). The molecule has 27 heavy (non-hydrogen) atoms. The predicted molar refractivity (Wildman–Crippen MR) is 103 cm³/mol. The van der Waals surface area contributed by atoms with Gasteiger partial charge in [-0.2, -0.15) is 0 Å². The van der Waals surface area contributed by atoms with Gasteiger partial charge >= 0.3 is 6.09 Å². The average Bonchev–Trinajstić information content (AvgIpc) is 3.18. The fourth-order valence-corrected chi connectivity index (χ4v) is 3.47. The number of ether oxygens (including phenoxy) is 1. The van der Waals surface area contributed by atoms with Gasteiger partial charge in [-0.25, -0.2) is 9.78 Å². The summed E-state index contributed by atoms with van der Waals surface area (Å²) in [6.45, 7) is 9.12. The number of hydrogen-bond donors (Lipinski definition) is 1. The summed E-state index contributed by atoms with van der Waals surface area (Å²) in [5, 5.41) is 2.97. The zero-order valence-electron chi connectivity index (χ0n) is 16.5. The van der Waals surface area contributed by atoms with E-state index in [1.807, 2.05) is 52.0 Å². The molecule has 1 aliphatic heterocycles. The van der Waals surface area contributed by atoms with E-state index in [1.54, 1.807) is 4.90 Å². The van der Waals surface area contributed by atoms with E-state index >= 15 is 0 Å². The van der Waals surface area contributed by atoms with Crippen molar-refractivity contribution in [1.29, 1.82) is 0 Å². The topological polar surface area (TPSA) is 76.5 Å². The molecule has 3 rings (SSSR count). The summed E-state index contributed by atoms with van der Waals surface area (Å²) in [7, 11) is 0. The number of aryl methyl sites for hydroxylation is 1. The van der Waals surface area contributed by atoms with Crippen LogP contribution < -0.4 is 5.32 Å². The first-order valence-electron chi connectivity index (χ1n) is 9.45. The second kappa shape index (κ2) is 7.58. The maximum Gasteiger partial charge on any atom is 0.410 e. The number of fused-ring (bicyclic) bond motifs is 1. The summed E-state index contributed by atoms with van der Waals surface area (Å²) < 4.78 is 7.52. The molecule has 0 spiro atoms. The van der Waals surface area contributed by atoms with E-state index in [-0.39, 0.29) is 5.91 Å². The van der Waals surface area contributed by atoms with Crippen molar-refractivity contribution >= 4 is 23.0 Å². The summed E-state index contributed by atoms with van der Waals surface area (Å²) in [5.41, 5.74) is 1.44. The molecule has 1 atom stereocenters. The van der Waals surface area contributed by atoms with Gasteiger partial charge in [0.15, 0.2) is 0 Å². The number of hydrogen-bond acceptors (Lipinski definition) is 4. The predicted octanol–water partition coefficient (Wildman–Crippen LogP) is 2.86. The van der Waals surface area contributed by atoms with Gasteiger partial charge in [0.2, 0.25) is 5.91 Å². The molecule has 2 heterocycles. The third-order valence-corrected chi connectivity index (χ3v) is 4.66. The van der Waals surface area contributed by atoms with Gasteiger partial charge in [-0.3, -0.25) is 9.69 Å². The normalized spacial score (nSPS) is 17.3. The van der Waals surface area contributed by atoms with Gasteiger partial charge in [0, 0.05) is 19.6 Å². The van der Waals surface area contributed by atoms with Gasteiger partial charge in [0.1, 0.15) is 17.5 Å². The van der Waals surface area contributed by atoms with Crippen molar-refractivity contribution in [3.8, 4) is 0 Å². The molecule has 0 saturated carbocycles. The van der Waals surface area contributed by atoms with Gasteiger partial charge in [-0.1, -0.05) is 12.1 Å². The first-order chi connectivity index (χ1) is 12.8. The Morgan fingerprint density at radius 3 is 2.78 bits per heavy atom. The lowest BCUT2D eigenvalue weighted by atomic mass is 10.2. The number of amides is 2. The van der Waals surface area contributed by atoms with Crippen LogP contribution in [-0.2, 0) is 16.1 Å².